The summed E-state index contributed by atoms with van der Waals surface area (Å²) >= 11 is 1.43. The number of amides is 1. The van der Waals surface area contributed by atoms with Gasteiger partial charge in [0.25, 0.3) is 5.91 Å². The van der Waals surface area contributed by atoms with Crippen molar-refractivity contribution in [3.05, 3.63) is 45.7 Å². The zero-order valence-electron chi connectivity index (χ0n) is 10.3. The van der Waals surface area contributed by atoms with E-state index in [4.69, 9.17) is 0 Å². The van der Waals surface area contributed by atoms with Gasteiger partial charge in [-0.05, 0) is 19.9 Å². The fourth-order valence-electron chi connectivity index (χ4n) is 1.50. The molecule has 2 aromatic rings. The number of aryl methyl sites for hydroxylation is 1. The van der Waals surface area contributed by atoms with E-state index in [-0.39, 0.29) is 11.6 Å². The molecule has 0 aliphatic rings. The van der Waals surface area contributed by atoms with Crippen LogP contribution in [-0.2, 0) is 0 Å². The van der Waals surface area contributed by atoms with Crippen LogP contribution in [0.3, 0.4) is 0 Å². The molecule has 0 saturated heterocycles. The maximum atomic E-state index is 13.4. The van der Waals surface area contributed by atoms with Crippen molar-refractivity contribution >= 4 is 17.2 Å². The maximum absolute atomic E-state index is 13.4. The summed E-state index contributed by atoms with van der Waals surface area (Å²) in [5, 5.41) is 3.28. The zero-order chi connectivity index (χ0) is 14.0. The number of hydrogen-bond donors (Lipinski definition) is 1. The molecule has 0 aromatic carbocycles. The summed E-state index contributed by atoms with van der Waals surface area (Å²) in [6.45, 7) is 3.62. The lowest BCUT2D eigenvalue weighted by Gasteiger charge is -2.11. The second-order valence-electron chi connectivity index (χ2n) is 3.97. The standard InChI is InChI=1S/C12H11F2N3OS/c1-6-5-16-12(19-6)7(2)17-11(18)8-3-4-15-10(14)9(8)13/h3-5,7H,1-2H3,(H,17,18). The average molecular weight is 283 g/mol. The summed E-state index contributed by atoms with van der Waals surface area (Å²) in [5.74, 6) is -3.23. The molecule has 0 aliphatic carbocycles. The second-order valence-corrected chi connectivity index (χ2v) is 5.23. The van der Waals surface area contributed by atoms with Gasteiger partial charge in [-0.2, -0.15) is 4.39 Å². The summed E-state index contributed by atoms with van der Waals surface area (Å²) in [4.78, 5) is 20.1. The van der Waals surface area contributed by atoms with Crippen LogP contribution in [0.1, 0.15) is 33.2 Å². The van der Waals surface area contributed by atoms with E-state index in [0.717, 1.165) is 17.1 Å². The normalized spacial score (nSPS) is 12.2. The first-order chi connectivity index (χ1) is 8.99. The van der Waals surface area contributed by atoms with Gasteiger partial charge in [-0.15, -0.1) is 11.3 Å². The van der Waals surface area contributed by atoms with Gasteiger partial charge in [0, 0.05) is 17.3 Å². The number of pyridine rings is 1. The fourth-order valence-corrected chi connectivity index (χ4v) is 2.28. The number of nitrogens with zero attached hydrogens (tertiary/aromatic N) is 2. The lowest BCUT2D eigenvalue weighted by atomic mass is 10.2. The van der Waals surface area contributed by atoms with Crippen LogP contribution in [0.2, 0.25) is 0 Å². The summed E-state index contributed by atoms with van der Waals surface area (Å²) in [6, 6.07) is 0.759. The van der Waals surface area contributed by atoms with E-state index < -0.39 is 17.7 Å². The van der Waals surface area contributed by atoms with Crippen LogP contribution in [0.25, 0.3) is 0 Å². The highest BCUT2D eigenvalue weighted by Gasteiger charge is 2.19. The molecule has 1 atom stereocenters. The Labute approximate surface area is 112 Å². The van der Waals surface area contributed by atoms with Crippen molar-refractivity contribution in [3.8, 4) is 0 Å². The van der Waals surface area contributed by atoms with E-state index in [1.54, 1.807) is 13.1 Å². The number of carbonyl (C=O) groups is 1. The topological polar surface area (TPSA) is 54.9 Å². The average Bonchev–Trinajstić information content (AvgIpc) is 2.79. The SMILES string of the molecule is Cc1cnc(C(C)NC(=O)c2ccnc(F)c2F)s1. The van der Waals surface area contributed by atoms with Gasteiger partial charge < -0.3 is 5.32 Å². The fraction of sp³-hybridized carbons (Fsp3) is 0.250. The predicted octanol–water partition coefficient (Wildman–Crippen LogP) is 2.62. The number of hydrogen-bond acceptors (Lipinski definition) is 4. The zero-order valence-corrected chi connectivity index (χ0v) is 11.1. The molecule has 1 amide bonds. The van der Waals surface area contributed by atoms with Gasteiger partial charge >= 0.3 is 0 Å². The van der Waals surface area contributed by atoms with E-state index in [1.807, 2.05) is 6.92 Å². The minimum absolute atomic E-state index is 0.368. The highest BCUT2D eigenvalue weighted by atomic mass is 32.1. The first-order valence-corrected chi connectivity index (χ1v) is 6.34. The Balaban J connectivity index is 2.15. The van der Waals surface area contributed by atoms with E-state index in [0.29, 0.717) is 5.01 Å². The van der Waals surface area contributed by atoms with Crippen LogP contribution < -0.4 is 5.32 Å². The summed E-state index contributed by atoms with van der Waals surface area (Å²) < 4.78 is 26.3. The van der Waals surface area contributed by atoms with E-state index in [2.05, 4.69) is 15.3 Å². The van der Waals surface area contributed by atoms with Crippen LogP contribution in [0.4, 0.5) is 8.78 Å². The number of halogens is 2. The Morgan fingerprint density at radius 3 is 2.79 bits per heavy atom. The molecule has 100 valence electrons. The third-order valence-corrected chi connectivity index (χ3v) is 3.54. The van der Waals surface area contributed by atoms with Gasteiger partial charge in [-0.25, -0.2) is 14.4 Å². The maximum Gasteiger partial charge on any atom is 0.255 e. The first kappa shape index (κ1) is 13.5. The van der Waals surface area contributed by atoms with Gasteiger partial charge in [0.2, 0.25) is 5.95 Å². The number of carbonyl (C=O) groups excluding carboxylic acids is 1. The van der Waals surface area contributed by atoms with Crippen LogP contribution >= 0.6 is 11.3 Å². The molecule has 0 radical (unpaired) electrons. The van der Waals surface area contributed by atoms with Crippen LogP contribution in [0, 0.1) is 18.7 Å². The monoisotopic (exact) mass is 283 g/mol. The van der Waals surface area contributed by atoms with Crippen molar-refractivity contribution in [2.24, 2.45) is 0 Å². The van der Waals surface area contributed by atoms with Gasteiger partial charge in [0.05, 0.1) is 11.6 Å². The Bertz CT molecular complexity index is 615. The van der Waals surface area contributed by atoms with Crippen molar-refractivity contribution in [2.45, 2.75) is 19.9 Å². The molecule has 2 aromatic heterocycles. The lowest BCUT2D eigenvalue weighted by molar-refractivity contribution is 0.0934. The summed E-state index contributed by atoms with van der Waals surface area (Å²) in [7, 11) is 0. The van der Waals surface area contributed by atoms with Crippen molar-refractivity contribution in [2.75, 3.05) is 0 Å². The highest BCUT2D eigenvalue weighted by Crippen LogP contribution is 2.19. The van der Waals surface area contributed by atoms with Gasteiger partial charge in [-0.1, -0.05) is 0 Å². The second kappa shape index (κ2) is 5.40. The molecular formula is C12H11F2N3OS. The minimum Gasteiger partial charge on any atom is -0.343 e. The van der Waals surface area contributed by atoms with Crippen molar-refractivity contribution in [1.82, 2.24) is 15.3 Å². The Morgan fingerprint density at radius 1 is 1.42 bits per heavy atom. The molecule has 0 aliphatic heterocycles. The van der Waals surface area contributed by atoms with Crippen LogP contribution in [-0.4, -0.2) is 15.9 Å². The Kier molecular flexibility index (Phi) is 3.84. The number of rotatable bonds is 3. The van der Waals surface area contributed by atoms with Crippen molar-refractivity contribution < 1.29 is 13.6 Å². The summed E-state index contributed by atoms with van der Waals surface area (Å²) in [6.07, 6.45) is 2.74. The van der Waals surface area contributed by atoms with Gasteiger partial charge in [0.15, 0.2) is 5.82 Å². The number of thiazole rings is 1. The van der Waals surface area contributed by atoms with Crippen LogP contribution in [0.5, 0.6) is 0 Å². The van der Waals surface area contributed by atoms with E-state index >= 15 is 0 Å². The van der Waals surface area contributed by atoms with Crippen LogP contribution in [0.15, 0.2) is 18.5 Å². The molecule has 0 spiro atoms. The molecule has 4 nitrogen and oxygen atoms in total. The smallest absolute Gasteiger partial charge is 0.255 e. The Hall–Kier alpha value is -1.89. The molecule has 1 unspecified atom stereocenters. The predicted molar refractivity (Wildman–Crippen MR) is 66.9 cm³/mol. The van der Waals surface area contributed by atoms with E-state index in [9.17, 15) is 13.6 Å². The van der Waals surface area contributed by atoms with Crippen molar-refractivity contribution in [1.29, 1.82) is 0 Å². The lowest BCUT2D eigenvalue weighted by Crippen LogP contribution is -2.27. The number of nitrogens with one attached hydrogen (secondary N) is 1. The molecule has 1 N–H and O–H groups in total. The third-order valence-electron chi connectivity index (χ3n) is 2.45. The largest absolute Gasteiger partial charge is 0.343 e. The van der Waals surface area contributed by atoms with Gasteiger partial charge in [-0.3, -0.25) is 4.79 Å². The molecule has 0 bridgehead atoms. The molecule has 0 saturated carbocycles. The van der Waals surface area contributed by atoms with Gasteiger partial charge in [0.1, 0.15) is 5.01 Å². The minimum atomic E-state index is -1.29. The molecule has 19 heavy (non-hydrogen) atoms. The number of aromatic nitrogens is 2. The molecule has 0 fully saturated rings. The quantitative estimate of drug-likeness (QED) is 0.881. The molecule has 2 rings (SSSR count). The van der Waals surface area contributed by atoms with Crippen molar-refractivity contribution in [3.63, 3.8) is 0 Å². The Morgan fingerprint density at radius 2 is 2.16 bits per heavy atom. The third kappa shape index (κ3) is 2.93. The first-order valence-electron chi connectivity index (χ1n) is 5.52. The van der Waals surface area contributed by atoms with E-state index in [1.165, 1.54) is 11.3 Å². The molecule has 7 heteroatoms. The highest BCUT2D eigenvalue weighted by molar-refractivity contribution is 7.11. The molecular weight excluding hydrogens is 272 g/mol. The summed E-state index contributed by atoms with van der Waals surface area (Å²) in [5.41, 5.74) is -0.368. The molecule has 2 heterocycles.